The normalized spacial score (nSPS) is 19.6. The molecule has 0 saturated carbocycles. The van der Waals surface area contributed by atoms with Gasteiger partial charge >= 0.3 is 12.1 Å². The second-order valence-electron chi connectivity index (χ2n) is 10.6. The Labute approximate surface area is 228 Å². The predicted molar refractivity (Wildman–Crippen MR) is 141 cm³/mol. The third kappa shape index (κ3) is 11.0. The van der Waals surface area contributed by atoms with E-state index >= 15 is 0 Å². The summed E-state index contributed by atoms with van der Waals surface area (Å²) in [4.78, 5) is 15.2. The summed E-state index contributed by atoms with van der Waals surface area (Å²) in [5.74, 6) is -0.627. The van der Waals surface area contributed by atoms with Crippen molar-refractivity contribution in [3.05, 3.63) is 71.5 Å². The molecule has 0 spiro atoms. The van der Waals surface area contributed by atoms with Crippen molar-refractivity contribution in [3.8, 4) is 6.07 Å². The molecule has 2 aromatic rings. The molecule has 39 heavy (non-hydrogen) atoms. The maximum Gasteiger partial charge on any atom is 0.391 e. The molecule has 0 bridgehead atoms. The monoisotopic (exact) mass is 547 g/mol. The summed E-state index contributed by atoms with van der Waals surface area (Å²) in [6.45, 7) is 3.69. The lowest BCUT2D eigenvalue weighted by molar-refractivity contribution is -0.165. The number of carboxylic acid groups (broad SMARTS) is 1. The van der Waals surface area contributed by atoms with Crippen molar-refractivity contribution in [2.75, 3.05) is 32.7 Å². The van der Waals surface area contributed by atoms with Crippen LogP contribution in [0.15, 0.2) is 54.6 Å². The van der Waals surface area contributed by atoms with E-state index in [1.165, 1.54) is 29.0 Å². The summed E-state index contributed by atoms with van der Waals surface area (Å²) >= 11 is 0. The topological polar surface area (TPSA) is 67.6 Å². The Bertz CT molecular complexity index is 1050. The molecule has 4 rings (SSSR count). The highest BCUT2D eigenvalue weighted by atomic mass is 19.4. The van der Waals surface area contributed by atoms with Crippen LogP contribution in [-0.2, 0) is 11.2 Å². The van der Waals surface area contributed by atoms with Gasteiger partial charge in [0, 0.05) is 13.1 Å². The van der Waals surface area contributed by atoms with Crippen LogP contribution in [0.3, 0.4) is 0 Å². The maximum absolute atomic E-state index is 12.7. The molecule has 2 aliphatic rings. The van der Waals surface area contributed by atoms with Gasteiger partial charge in [0.25, 0.3) is 0 Å². The number of carboxylic acids is 1. The van der Waals surface area contributed by atoms with Crippen LogP contribution >= 0.6 is 0 Å². The van der Waals surface area contributed by atoms with Gasteiger partial charge in [-0.15, -0.1) is 0 Å². The number of likely N-dealkylation sites (tertiary alicyclic amines) is 2. The molecule has 2 unspecified atom stereocenters. The fourth-order valence-electron chi connectivity index (χ4n) is 5.46. The second kappa shape index (κ2) is 15.0. The Balaban J connectivity index is 0.000000520. The van der Waals surface area contributed by atoms with Gasteiger partial charge in [-0.1, -0.05) is 36.8 Å². The summed E-state index contributed by atoms with van der Waals surface area (Å²) in [7, 11) is 0. The van der Waals surface area contributed by atoms with Crippen LogP contribution in [-0.4, -0.2) is 65.8 Å². The number of alkyl halides is 3. The van der Waals surface area contributed by atoms with E-state index in [0.717, 1.165) is 51.7 Å². The molecule has 5 nitrogen and oxygen atoms in total. The van der Waals surface area contributed by atoms with Crippen molar-refractivity contribution in [1.29, 1.82) is 5.26 Å². The molecule has 0 aliphatic carbocycles. The summed E-state index contributed by atoms with van der Waals surface area (Å²) in [6, 6.07) is 16.4. The van der Waals surface area contributed by atoms with Gasteiger partial charge in [0.05, 0.1) is 18.1 Å². The fraction of sp³-hybridized carbons (Fsp3) is 0.533. The third-order valence-corrected chi connectivity index (χ3v) is 7.59. The molecule has 2 aliphatic heterocycles. The number of aliphatic carboxylic acids is 1. The van der Waals surface area contributed by atoms with E-state index in [0.29, 0.717) is 24.6 Å². The van der Waals surface area contributed by atoms with Crippen LogP contribution in [0.4, 0.5) is 17.6 Å². The van der Waals surface area contributed by atoms with Gasteiger partial charge in [-0.05, 0) is 93.4 Å². The standard InChI is InChI=1S/C24H32F3N3O2.C6H5F/c25-24(26,27)14-22(23(31)32)30-13-10-21(17-30)16-29-11-8-19(9-12-29)3-1-2-18-4-6-20(15-28)7-5-18;7-6-4-2-1-3-5-6/h4-7,19,21-22H,1-3,8-14,16-17H2,(H,31,32);1-5H. The van der Waals surface area contributed by atoms with E-state index in [4.69, 9.17) is 5.26 Å². The molecule has 1 N–H and O–H groups in total. The zero-order chi connectivity index (χ0) is 28.3. The van der Waals surface area contributed by atoms with Gasteiger partial charge in [0.1, 0.15) is 11.9 Å². The number of halogens is 4. The highest BCUT2D eigenvalue weighted by Crippen LogP contribution is 2.29. The van der Waals surface area contributed by atoms with Crippen LogP contribution in [0.25, 0.3) is 0 Å². The number of carbonyl (C=O) groups is 1. The lowest BCUT2D eigenvalue weighted by Crippen LogP contribution is -2.43. The van der Waals surface area contributed by atoms with E-state index in [1.54, 1.807) is 18.2 Å². The first-order valence-corrected chi connectivity index (χ1v) is 13.6. The van der Waals surface area contributed by atoms with E-state index in [-0.39, 0.29) is 11.7 Å². The van der Waals surface area contributed by atoms with E-state index in [2.05, 4.69) is 11.0 Å². The highest BCUT2D eigenvalue weighted by molar-refractivity contribution is 5.73. The molecule has 2 saturated heterocycles. The van der Waals surface area contributed by atoms with Gasteiger partial charge in [0.2, 0.25) is 0 Å². The minimum absolute atomic E-state index is 0.178. The van der Waals surface area contributed by atoms with E-state index < -0.39 is 24.6 Å². The summed E-state index contributed by atoms with van der Waals surface area (Å²) < 4.78 is 50.1. The molecule has 9 heteroatoms. The number of nitrogens with zero attached hydrogens (tertiary/aromatic N) is 3. The van der Waals surface area contributed by atoms with Crippen molar-refractivity contribution in [2.24, 2.45) is 11.8 Å². The second-order valence-corrected chi connectivity index (χ2v) is 10.6. The first-order valence-electron chi connectivity index (χ1n) is 13.6. The van der Waals surface area contributed by atoms with E-state index in [9.17, 15) is 27.5 Å². The van der Waals surface area contributed by atoms with Gasteiger partial charge in [0.15, 0.2) is 0 Å². The maximum atomic E-state index is 12.7. The van der Waals surface area contributed by atoms with Crippen LogP contribution in [0.5, 0.6) is 0 Å². The summed E-state index contributed by atoms with van der Waals surface area (Å²) in [5, 5.41) is 18.1. The van der Waals surface area contributed by atoms with Crippen molar-refractivity contribution in [1.82, 2.24) is 9.80 Å². The SMILES string of the molecule is Fc1ccccc1.N#Cc1ccc(CCCC2CCN(CC3CCN(C(CC(F)(F)F)C(=O)O)C3)CC2)cc1. The molecule has 2 heterocycles. The zero-order valence-corrected chi connectivity index (χ0v) is 22.1. The lowest BCUT2D eigenvalue weighted by atomic mass is 9.90. The Hall–Kier alpha value is -2.96. The van der Waals surface area contributed by atoms with E-state index in [1.807, 2.05) is 24.3 Å². The van der Waals surface area contributed by atoms with Crippen molar-refractivity contribution >= 4 is 5.97 Å². The number of hydrogen-bond acceptors (Lipinski definition) is 4. The average Bonchev–Trinajstić information content (AvgIpc) is 3.37. The Morgan fingerprint density at radius 1 is 1.00 bits per heavy atom. The molecular formula is C30H37F4N3O2. The van der Waals surface area contributed by atoms with Crippen LogP contribution in [0, 0.1) is 29.0 Å². The predicted octanol–water partition coefficient (Wildman–Crippen LogP) is 6.15. The lowest BCUT2D eigenvalue weighted by Gasteiger charge is -2.34. The first-order chi connectivity index (χ1) is 18.6. The molecular weight excluding hydrogens is 510 g/mol. The number of rotatable bonds is 9. The molecule has 2 aromatic carbocycles. The third-order valence-electron chi connectivity index (χ3n) is 7.59. The Kier molecular flexibility index (Phi) is 11.8. The molecule has 2 fully saturated rings. The minimum Gasteiger partial charge on any atom is -0.480 e. The van der Waals surface area contributed by atoms with Gasteiger partial charge in [-0.25, -0.2) is 4.39 Å². The number of nitriles is 1. The largest absolute Gasteiger partial charge is 0.480 e. The number of hydrogen-bond donors (Lipinski definition) is 1. The molecule has 0 radical (unpaired) electrons. The zero-order valence-electron chi connectivity index (χ0n) is 22.1. The van der Waals surface area contributed by atoms with Crippen molar-refractivity contribution in [2.45, 2.75) is 57.2 Å². The van der Waals surface area contributed by atoms with Crippen LogP contribution in [0.2, 0.25) is 0 Å². The minimum atomic E-state index is -4.47. The average molecular weight is 548 g/mol. The Morgan fingerprint density at radius 2 is 1.64 bits per heavy atom. The first kappa shape index (κ1) is 30.6. The molecule has 2 atom stereocenters. The quantitative estimate of drug-likeness (QED) is 0.382. The summed E-state index contributed by atoms with van der Waals surface area (Å²) in [6.07, 6.45) is 0.600. The fourth-order valence-corrected chi connectivity index (χ4v) is 5.46. The van der Waals surface area contributed by atoms with Crippen LogP contribution in [0.1, 0.15) is 49.7 Å². The van der Waals surface area contributed by atoms with Crippen molar-refractivity contribution in [3.63, 3.8) is 0 Å². The number of benzene rings is 2. The van der Waals surface area contributed by atoms with Gasteiger partial charge in [-0.2, -0.15) is 18.4 Å². The van der Waals surface area contributed by atoms with Crippen LogP contribution < -0.4 is 0 Å². The van der Waals surface area contributed by atoms with Crippen molar-refractivity contribution < 1.29 is 27.5 Å². The number of piperidine rings is 1. The Morgan fingerprint density at radius 3 is 2.18 bits per heavy atom. The molecule has 0 amide bonds. The molecule has 212 valence electrons. The smallest absolute Gasteiger partial charge is 0.391 e. The molecule has 0 aromatic heterocycles. The van der Waals surface area contributed by atoms with Gasteiger partial charge in [-0.3, -0.25) is 9.69 Å². The summed E-state index contributed by atoms with van der Waals surface area (Å²) in [5.41, 5.74) is 1.95. The number of aryl methyl sites for hydroxylation is 1. The van der Waals surface area contributed by atoms with Gasteiger partial charge < -0.3 is 10.0 Å². The highest BCUT2D eigenvalue weighted by Gasteiger charge is 2.41.